The summed E-state index contributed by atoms with van der Waals surface area (Å²) in [5, 5.41) is 6.59. The fraction of sp³-hybridized carbons (Fsp3) is 0.333. The number of hydrogen-bond donors (Lipinski definition) is 1. The molecule has 8 heteroatoms. The van der Waals surface area contributed by atoms with Crippen molar-refractivity contribution >= 4 is 16.9 Å². The van der Waals surface area contributed by atoms with Crippen molar-refractivity contribution in [3.05, 3.63) is 46.5 Å². The van der Waals surface area contributed by atoms with Crippen LogP contribution in [0.25, 0.3) is 11.0 Å². The van der Waals surface area contributed by atoms with Crippen LogP contribution in [0.3, 0.4) is 0 Å². The van der Waals surface area contributed by atoms with Crippen molar-refractivity contribution < 1.29 is 9.21 Å². The van der Waals surface area contributed by atoms with Crippen LogP contribution in [0.15, 0.2) is 33.9 Å². The molecular formula is C15H15N5O3. The Balaban J connectivity index is 1.50. The zero-order valence-corrected chi connectivity index (χ0v) is 12.5. The van der Waals surface area contributed by atoms with E-state index in [1.807, 2.05) is 12.1 Å². The quantitative estimate of drug-likeness (QED) is 0.762. The zero-order valence-electron chi connectivity index (χ0n) is 12.5. The lowest BCUT2D eigenvalue weighted by molar-refractivity contribution is 0.0488. The van der Waals surface area contributed by atoms with Crippen molar-refractivity contribution in [1.82, 2.24) is 24.6 Å². The maximum atomic E-state index is 12.5. The van der Waals surface area contributed by atoms with Gasteiger partial charge in [-0.15, -0.1) is 0 Å². The van der Waals surface area contributed by atoms with Gasteiger partial charge in [0.15, 0.2) is 5.52 Å². The molecule has 23 heavy (non-hydrogen) atoms. The van der Waals surface area contributed by atoms with E-state index in [9.17, 15) is 9.59 Å². The van der Waals surface area contributed by atoms with Crippen LogP contribution in [0.4, 0.5) is 0 Å². The molecule has 1 N–H and O–H groups in total. The average molecular weight is 313 g/mol. The monoisotopic (exact) mass is 313 g/mol. The van der Waals surface area contributed by atoms with Gasteiger partial charge in [0.25, 0.3) is 11.5 Å². The number of nitrogens with one attached hydrogen (secondary N) is 1. The molecule has 1 aliphatic heterocycles. The molecule has 1 fully saturated rings. The van der Waals surface area contributed by atoms with E-state index in [0.717, 1.165) is 12.2 Å². The van der Waals surface area contributed by atoms with E-state index in [2.05, 4.69) is 15.2 Å². The summed E-state index contributed by atoms with van der Waals surface area (Å²) in [6, 6.07) is 3.80. The number of nitrogens with zero attached hydrogens (tertiary/aromatic N) is 4. The van der Waals surface area contributed by atoms with Crippen molar-refractivity contribution in [2.75, 3.05) is 13.1 Å². The van der Waals surface area contributed by atoms with Crippen molar-refractivity contribution in [3.8, 4) is 0 Å². The number of furan rings is 1. The maximum absolute atomic E-state index is 12.5. The number of aromatic amines is 1. The number of carbonyl (C=O) groups is 1. The Bertz CT molecular complexity index is 918. The van der Waals surface area contributed by atoms with Gasteiger partial charge < -0.3 is 13.9 Å². The fourth-order valence-electron chi connectivity index (χ4n) is 2.86. The number of carbonyl (C=O) groups excluding carboxylic acids is 1. The van der Waals surface area contributed by atoms with Gasteiger partial charge in [-0.3, -0.25) is 14.7 Å². The third-order valence-corrected chi connectivity index (χ3v) is 4.15. The molecule has 0 unspecified atom stereocenters. The lowest BCUT2D eigenvalue weighted by atomic mass is 9.94. The number of amides is 1. The van der Waals surface area contributed by atoms with E-state index in [-0.39, 0.29) is 22.7 Å². The topological polar surface area (TPSA) is 97.0 Å². The standard InChI is InChI=1S/C15H15N5O3/c1-19-8-16-11-12(14(19)21)17-18-13(11)15(22)20-6-9(7-20)5-10-3-2-4-23-10/h2-4,8-9H,5-7H2,1H3,(H,17,18). The van der Waals surface area contributed by atoms with E-state index in [4.69, 9.17) is 4.42 Å². The summed E-state index contributed by atoms with van der Waals surface area (Å²) in [5.74, 6) is 1.14. The molecule has 4 rings (SSSR count). The van der Waals surface area contributed by atoms with Crippen LogP contribution in [0.1, 0.15) is 16.2 Å². The smallest absolute Gasteiger partial charge is 0.281 e. The number of aryl methyl sites for hydroxylation is 1. The zero-order chi connectivity index (χ0) is 16.0. The summed E-state index contributed by atoms with van der Waals surface area (Å²) in [6.07, 6.45) is 3.87. The number of fused-ring (bicyclic) bond motifs is 1. The summed E-state index contributed by atoms with van der Waals surface area (Å²) in [4.78, 5) is 30.4. The first-order valence-electron chi connectivity index (χ1n) is 7.35. The van der Waals surface area contributed by atoms with Crippen molar-refractivity contribution in [3.63, 3.8) is 0 Å². The van der Waals surface area contributed by atoms with Crippen LogP contribution in [0.2, 0.25) is 0 Å². The highest BCUT2D eigenvalue weighted by molar-refractivity contribution is 6.03. The van der Waals surface area contributed by atoms with Crippen molar-refractivity contribution in [1.29, 1.82) is 0 Å². The number of H-pyrrole nitrogens is 1. The minimum absolute atomic E-state index is 0.177. The Morgan fingerprint density at radius 2 is 2.26 bits per heavy atom. The number of rotatable bonds is 3. The third kappa shape index (κ3) is 2.23. The molecule has 0 spiro atoms. The molecule has 118 valence electrons. The van der Waals surface area contributed by atoms with Gasteiger partial charge in [-0.05, 0) is 12.1 Å². The van der Waals surface area contributed by atoms with Crippen molar-refractivity contribution in [2.45, 2.75) is 6.42 Å². The second kappa shape index (κ2) is 5.08. The number of hydrogen-bond acceptors (Lipinski definition) is 5. The normalized spacial score (nSPS) is 15.1. The van der Waals surface area contributed by atoms with E-state index in [1.165, 1.54) is 10.9 Å². The van der Waals surface area contributed by atoms with Crippen LogP contribution >= 0.6 is 0 Å². The van der Waals surface area contributed by atoms with E-state index >= 15 is 0 Å². The fourth-order valence-corrected chi connectivity index (χ4v) is 2.86. The molecule has 3 aromatic heterocycles. The van der Waals surface area contributed by atoms with Crippen LogP contribution < -0.4 is 5.56 Å². The van der Waals surface area contributed by atoms with Gasteiger partial charge in [-0.25, -0.2) is 4.98 Å². The lowest BCUT2D eigenvalue weighted by Crippen LogP contribution is -2.50. The van der Waals surface area contributed by atoms with Crippen molar-refractivity contribution in [2.24, 2.45) is 13.0 Å². The Labute approximate surface area is 130 Å². The minimum atomic E-state index is -0.274. The average Bonchev–Trinajstić information content (AvgIpc) is 3.15. The number of likely N-dealkylation sites (tertiary alicyclic amines) is 1. The third-order valence-electron chi connectivity index (χ3n) is 4.15. The summed E-state index contributed by atoms with van der Waals surface area (Å²) in [7, 11) is 1.60. The highest BCUT2D eigenvalue weighted by Gasteiger charge is 2.33. The highest BCUT2D eigenvalue weighted by Crippen LogP contribution is 2.23. The molecule has 1 saturated heterocycles. The molecule has 8 nitrogen and oxygen atoms in total. The SMILES string of the molecule is Cn1cnc2c(C(=O)N3CC(Cc4ccco4)C3)[nH]nc2c1=O. The predicted octanol–water partition coefficient (Wildman–Crippen LogP) is 0.564. The molecular weight excluding hydrogens is 298 g/mol. The van der Waals surface area contributed by atoms with E-state index < -0.39 is 0 Å². The first-order chi connectivity index (χ1) is 11.1. The van der Waals surface area contributed by atoms with Gasteiger partial charge in [-0.2, -0.15) is 5.10 Å². The summed E-state index contributed by atoms with van der Waals surface area (Å²) in [6.45, 7) is 1.32. The molecule has 0 aliphatic carbocycles. The maximum Gasteiger partial charge on any atom is 0.281 e. The Morgan fingerprint density at radius 1 is 1.43 bits per heavy atom. The van der Waals surface area contributed by atoms with Crippen LogP contribution in [0.5, 0.6) is 0 Å². The Morgan fingerprint density at radius 3 is 3.00 bits per heavy atom. The van der Waals surface area contributed by atoms with Gasteiger partial charge in [0.05, 0.1) is 12.6 Å². The molecule has 0 atom stereocenters. The molecule has 4 heterocycles. The predicted molar refractivity (Wildman–Crippen MR) is 80.9 cm³/mol. The van der Waals surface area contributed by atoms with E-state index in [0.29, 0.717) is 24.5 Å². The number of aromatic nitrogens is 4. The highest BCUT2D eigenvalue weighted by atomic mass is 16.3. The van der Waals surface area contributed by atoms with E-state index in [1.54, 1.807) is 18.2 Å². The van der Waals surface area contributed by atoms with Gasteiger partial charge in [0, 0.05) is 32.5 Å². The molecule has 0 aromatic carbocycles. The van der Waals surface area contributed by atoms with Gasteiger partial charge in [-0.1, -0.05) is 0 Å². The van der Waals surface area contributed by atoms with Gasteiger partial charge >= 0.3 is 0 Å². The second-order valence-electron chi connectivity index (χ2n) is 5.82. The Hall–Kier alpha value is -2.90. The van der Waals surface area contributed by atoms with Crippen LogP contribution in [0, 0.1) is 5.92 Å². The lowest BCUT2D eigenvalue weighted by Gasteiger charge is -2.38. The van der Waals surface area contributed by atoms with Gasteiger partial charge in [0.1, 0.15) is 17.0 Å². The van der Waals surface area contributed by atoms with Gasteiger partial charge in [0.2, 0.25) is 0 Å². The molecule has 3 aromatic rings. The van der Waals surface area contributed by atoms with Crippen LogP contribution in [-0.2, 0) is 13.5 Å². The summed E-state index contributed by atoms with van der Waals surface area (Å²) < 4.78 is 6.66. The van der Waals surface area contributed by atoms with Crippen LogP contribution in [-0.4, -0.2) is 43.6 Å². The molecule has 1 amide bonds. The second-order valence-corrected chi connectivity index (χ2v) is 5.82. The largest absolute Gasteiger partial charge is 0.469 e. The minimum Gasteiger partial charge on any atom is -0.469 e. The summed E-state index contributed by atoms with van der Waals surface area (Å²) in [5.41, 5.74) is 0.511. The molecule has 0 bridgehead atoms. The molecule has 0 radical (unpaired) electrons. The summed E-state index contributed by atoms with van der Waals surface area (Å²) >= 11 is 0. The first-order valence-corrected chi connectivity index (χ1v) is 7.35. The first kappa shape index (κ1) is 13.7. The Kier molecular flexibility index (Phi) is 3.03. The molecule has 1 aliphatic rings. The molecule has 0 saturated carbocycles.